The van der Waals surface area contributed by atoms with E-state index in [2.05, 4.69) is 74.4 Å². The van der Waals surface area contributed by atoms with Gasteiger partial charge in [0, 0.05) is 35.5 Å². The van der Waals surface area contributed by atoms with E-state index in [4.69, 9.17) is 4.74 Å². The molecule has 1 aliphatic carbocycles. The molecule has 2 heterocycles. The Labute approximate surface area is 180 Å². The van der Waals surface area contributed by atoms with Gasteiger partial charge in [0.05, 0.1) is 6.20 Å². The second-order valence-corrected chi connectivity index (χ2v) is 10.4. The number of ether oxygens (including phenoxy) is 1. The standard InChI is InChI=1S/C25H35N3O2/c1-17(2)18-8-10-19(11-9-18)25(29,24(5)15-26-16-24)20-13-22(28-27-14-20)30-21-7-6-12-23(21,3)4/h8-11,13-14,17,21,26,29H,6-7,12,15-16H2,1-5H3/t21?,25-/m0/s1. The van der Waals surface area contributed by atoms with Gasteiger partial charge in [0.15, 0.2) is 0 Å². The lowest BCUT2D eigenvalue weighted by atomic mass is 9.63. The van der Waals surface area contributed by atoms with Crippen molar-refractivity contribution in [3.8, 4) is 5.88 Å². The molecule has 1 aromatic carbocycles. The summed E-state index contributed by atoms with van der Waals surface area (Å²) in [5.41, 5.74) is 1.51. The van der Waals surface area contributed by atoms with Crippen molar-refractivity contribution in [1.82, 2.24) is 15.5 Å². The molecule has 1 saturated heterocycles. The van der Waals surface area contributed by atoms with Crippen LogP contribution in [0.25, 0.3) is 0 Å². The molecule has 4 rings (SSSR count). The second kappa shape index (κ2) is 7.61. The Morgan fingerprint density at radius 1 is 1.13 bits per heavy atom. The Morgan fingerprint density at radius 3 is 2.37 bits per heavy atom. The van der Waals surface area contributed by atoms with E-state index in [9.17, 15) is 5.11 Å². The largest absolute Gasteiger partial charge is 0.473 e. The van der Waals surface area contributed by atoms with E-state index in [0.29, 0.717) is 11.8 Å². The van der Waals surface area contributed by atoms with Crippen LogP contribution in [0.3, 0.4) is 0 Å². The van der Waals surface area contributed by atoms with Gasteiger partial charge in [0.25, 0.3) is 0 Å². The Kier molecular flexibility index (Phi) is 5.39. The van der Waals surface area contributed by atoms with E-state index in [1.54, 1.807) is 6.20 Å². The van der Waals surface area contributed by atoms with E-state index in [0.717, 1.165) is 37.1 Å². The zero-order valence-electron chi connectivity index (χ0n) is 18.9. The first-order valence-corrected chi connectivity index (χ1v) is 11.2. The summed E-state index contributed by atoms with van der Waals surface area (Å²) < 4.78 is 6.28. The van der Waals surface area contributed by atoms with Crippen molar-refractivity contribution in [2.75, 3.05) is 13.1 Å². The third kappa shape index (κ3) is 3.52. The monoisotopic (exact) mass is 409 g/mol. The minimum atomic E-state index is -1.17. The molecular formula is C25H35N3O2. The summed E-state index contributed by atoms with van der Waals surface area (Å²) in [6.45, 7) is 12.5. The van der Waals surface area contributed by atoms with Crippen LogP contribution in [0, 0.1) is 10.8 Å². The van der Waals surface area contributed by atoms with E-state index in [1.807, 2.05) is 6.07 Å². The molecule has 0 bridgehead atoms. The van der Waals surface area contributed by atoms with Gasteiger partial charge in [0.1, 0.15) is 11.7 Å². The number of benzene rings is 1. The van der Waals surface area contributed by atoms with Gasteiger partial charge < -0.3 is 15.2 Å². The molecule has 0 spiro atoms. The first kappa shape index (κ1) is 21.3. The Bertz CT molecular complexity index is 890. The average molecular weight is 410 g/mol. The number of rotatable bonds is 6. The van der Waals surface area contributed by atoms with Gasteiger partial charge in [-0.15, -0.1) is 5.10 Å². The minimum Gasteiger partial charge on any atom is -0.473 e. The molecule has 1 aromatic heterocycles. The molecule has 2 fully saturated rings. The highest BCUT2D eigenvalue weighted by Gasteiger charge is 2.53. The van der Waals surface area contributed by atoms with Crippen LogP contribution in [0.1, 0.15) is 76.5 Å². The predicted octanol–water partition coefficient (Wildman–Crippen LogP) is 4.40. The lowest BCUT2D eigenvalue weighted by molar-refractivity contribution is -0.0772. The SMILES string of the molecule is CC(C)c1ccc([C@](O)(c2cnnc(OC3CCCC3(C)C)c2)C2(C)CNC2)cc1. The first-order chi connectivity index (χ1) is 14.2. The fraction of sp³-hybridized carbons (Fsp3) is 0.600. The van der Waals surface area contributed by atoms with Gasteiger partial charge >= 0.3 is 0 Å². The fourth-order valence-corrected chi connectivity index (χ4v) is 4.99. The molecule has 30 heavy (non-hydrogen) atoms. The Balaban J connectivity index is 1.71. The molecule has 2 aromatic rings. The molecule has 5 heteroatoms. The fourth-order valence-electron chi connectivity index (χ4n) is 4.99. The minimum absolute atomic E-state index is 0.126. The van der Waals surface area contributed by atoms with Crippen molar-refractivity contribution < 1.29 is 9.84 Å². The Morgan fingerprint density at radius 2 is 1.83 bits per heavy atom. The molecule has 5 nitrogen and oxygen atoms in total. The van der Waals surface area contributed by atoms with Gasteiger partial charge in [-0.1, -0.05) is 58.9 Å². The van der Waals surface area contributed by atoms with Crippen LogP contribution in [0.5, 0.6) is 5.88 Å². The van der Waals surface area contributed by atoms with Gasteiger partial charge in [-0.05, 0) is 36.3 Å². The van der Waals surface area contributed by atoms with Gasteiger partial charge in [0.2, 0.25) is 5.88 Å². The van der Waals surface area contributed by atoms with Crippen LogP contribution in [-0.4, -0.2) is 34.5 Å². The van der Waals surface area contributed by atoms with Crippen molar-refractivity contribution in [2.45, 2.75) is 71.5 Å². The van der Waals surface area contributed by atoms with Gasteiger partial charge in [-0.25, -0.2) is 0 Å². The average Bonchev–Trinajstić information content (AvgIpc) is 3.03. The molecule has 0 amide bonds. The van der Waals surface area contributed by atoms with Crippen LogP contribution in [0.15, 0.2) is 36.5 Å². The molecule has 1 aliphatic heterocycles. The molecule has 1 saturated carbocycles. The third-order valence-corrected chi connectivity index (χ3v) is 7.37. The van der Waals surface area contributed by atoms with Crippen molar-refractivity contribution in [1.29, 1.82) is 0 Å². The van der Waals surface area contributed by atoms with Crippen molar-refractivity contribution in [3.63, 3.8) is 0 Å². The number of nitrogens with zero attached hydrogens (tertiary/aromatic N) is 2. The highest BCUT2D eigenvalue weighted by molar-refractivity contribution is 5.41. The van der Waals surface area contributed by atoms with E-state index >= 15 is 0 Å². The Hall–Kier alpha value is -1.98. The summed E-state index contributed by atoms with van der Waals surface area (Å²) >= 11 is 0. The number of nitrogens with one attached hydrogen (secondary N) is 1. The summed E-state index contributed by atoms with van der Waals surface area (Å²) in [7, 11) is 0. The number of aliphatic hydroxyl groups is 1. The smallest absolute Gasteiger partial charge is 0.234 e. The van der Waals surface area contributed by atoms with Gasteiger partial charge in [-0.3, -0.25) is 0 Å². The van der Waals surface area contributed by atoms with Crippen molar-refractivity contribution >= 4 is 0 Å². The molecule has 1 unspecified atom stereocenters. The first-order valence-electron chi connectivity index (χ1n) is 11.2. The maximum absolute atomic E-state index is 12.2. The third-order valence-electron chi connectivity index (χ3n) is 7.37. The van der Waals surface area contributed by atoms with Gasteiger partial charge in [-0.2, -0.15) is 5.10 Å². The van der Waals surface area contributed by atoms with Crippen molar-refractivity contribution in [3.05, 3.63) is 53.2 Å². The lowest BCUT2D eigenvalue weighted by Crippen LogP contribution is -2.63. The van der Waals surface area contributed by atoms with E-state index < -0.39 is 5.60 Å². The molecule has 162 valence electrons. The number of aromatic nitrogens is 2. The summed E-state index contributed by atoms with van der Waals surface area (Å²) in [5.74, 6) is 0.950. The summed E-state index contributed by atoms with van der Waals surface area (Å²) in [4.78, 5) is 0. The molecular weight excluding hydrogens is 374 g/mol. The van der Waals surface area contributed by atoms with Crippen LogP contribution in [-0.2, 0) is 5.60 Å². The van der Waals surface area contributed by atoms with E-state index in [1.165, 1.54) is 12.0 Å². The van der Waals surface area contributed by atoms with Crippen LogP contribution in [0.2, 0.25) is 0 Å². The number of hydrogen-bond donors (Lipinski definition) is 2. The number of hydrogen-bond acceptors (Lipinski definition) is 5. The normalized spacial score (nSPS) is 24.3. The summed E-state index contributed by atoms with van der Waals surface area (Å²) in [6, 6.07) is 10.2. The molecule has 2 aliphatic rings. The summed E-state index contributed by atoms with van der Waals surface area (Å²) in [6.07, 6.45) is 5.16. The van der Waals surface area contributed by atoms with Crippen LogP contribution in [0.4, 0.5) is 0 Å². The summed E-state index contributed by atoms with van der Waals surface area (Å²) in [5, 5.41) is 24.0. The predicted molar refractivity (Wildman–Crippen MR) is 119 cm³/mol. The second-order valence-electron chi connectivity index (χ2n) is 10.4. The highest BCUT2D eigenvalue weighted by Crippen LogP contribution is 2.48. The zero-order chi connectivity index (χ0) is 21.6. The topological polar surface area (TPSA) is 67.3 Å². The molecule has 2 N–H and O–H groups in total. The molecule has 2 atom stereocenters. The highest BCUT2D eigenvalue weighted by atomic mass is 16.5. The lowest BCUT2D eigenvalue weighted by Gasteiger charge is -2.51. The zero-order valence-corrected chi connectivity index (χ0v) is 18.9. The molecule has 0 radical (unpaired) electrons. The maximum Gasteiger partial charge on any atom is 0.234 e. The van der Waals surface area contributed by atoms with Crippen molar-refractivity contribution in [2.24, 2.45) is 10.8 Å². The maximum atomic E-state index is 12.2. The van der Waals surface area contributed by atoms with Crippen LogP contribution >= 0.6 is 0 Å². The van der Waals surface area contributed by atoms with Crippen LogP contribution < -0.4 is 10.1 Å². The van der Waals surface area contributed by atoms with E-state index in [-0.39, 0.29) is 16.9 Å². The quantitative estimate of drug-likeness (QED) is 0.740.